The van der Waals surface area contributed by atoms with Crippen LogP contribution in [0.4, 0.5) is 5.69 Å². The van der Waals surface area contributed by atoms with E-state index in [0.29, 0.717) is 6.54 Å². The summed E-state index contributed by atoms with van der Waals surface area (Å²) in [6.07, 6.45) is 0. The first-order chi connectivity index (χ1) is 6.95. The van der Waals surface area contributed by atoms with Gasteiger partial charge in [-0.05, 0) is 32.0 Å². The van der Waals surface area contributed by atoms with Gasteiger partial charge in [0, 0.05) is 16.7 Å². The van der Waals surface area contributed by atoms with Gasteiger partial charge in [0.05, 0.1) is 5.41 Å². The zero-order chi connectivity index (χ0) is 11.5. The van der Waals surface area contributed by atoms with Gasteiger partial charge in [-0.3, -0.25) is 4.79 Å². The summed E-state index contributed by atoms with van der Waals surface area (Å²) in [5.41, 5.74) is 5.76. The average Bonchev–Trinajstić information content (AvgIpc) is 2.17. The summed E-state index contributed by atoms with van der Waals surface area (Å²) in [6.45, 7) is 3.97. The zero-order valence-corrected chi connectivity index (χ0v) is 10.5. The van der Waals surface area contributed by atoms with Crippen molar-refractivity contribution in [2.45, 2.75) is 13.8 Å². The lowest BCUT2D eigenvalue weighted by Crippen LogP contribution is -2.37. The Labute approximate surface area is 98.2 Å². The van der Waals surface area contributed by atoms with Crippen molar-refractivity contribution in [2.75, 3.05) is 11.9 Å². The summed E-state index contributed by atoms with van der Waals surface area (Å²) in [7, 11) is 0. The Kier molecular flexibility index (Phi) is 3.88. The predicted molar refractivity (Wildman–Crippen MR) is 65.6 cm³/mol. The normalized spacial score (nSPS) is 11.2. The van der Waals surface area contributed by atoms with Crippen LogP contribution in [-0.2, 0) is 4.79 Å². The van der Waals surface area contributed by atoms with Gasteiger partial charge in [-0.15, -0.1) is 0 Å². The van der Waals surface area contributed by atoms with Gasteiger partial charge in [0.15, 0.2) is 0 Å². The predicted octanol–water partition coefficient (Wildman–Crippen LogP) is 2.37. The monoisotopic (exact) mass is 270 g/mol. The number of halogens is 1. The van der Waals surface area contributed by atoms with Gasteiger partial charge >= 0.3 is 0 Å². The van der Waals surface area contributed by atoms with Crippen LogP contribution in [0.15, 0.2) is 28.7 Å². The molecule has 82 valence electrons. The maximum atomic E-state index is 11.8. The number of carbonyl (C=O) groups is 1. The van der Waals surface area contributed by atoms with Crippen LogP contribution in [0.1, 0.15) is 13.8 Å². The highest BCUT2D eigenvalue weighted by Gasteiger charge is 2.25. The van der Waals surface area contributed by atoms with Crippen LogP contribution in [0.25, 0.3) is 0 Å². The molecule has 1 rings (SSSR count). The van der Waals surface area contributed by atoms with Crippen molar-refractivity contribution in [3.05, 3.63) is 28.7 Å². The van der Waals surface area contributed by atoms with Crippen LogP contribution in [0, 0.1) is 5.41 Å². The molecular formula is C11H15BrN2O. The lowest BCUT2D eigenvalue weighted by molar-refractivity contribution is -0.123. The van der Waals surface area contributed by atoms with Crippen LogP contribution in [0.5, 0.6) is 0 Å². The molecule has 0 aromatic heterocycles. The molecule has 0 saturated heterocycles. The Morgan fingerprint density at radius 1 is 1.53 bits per heavy atom. The molecule has 3 nitrogen and oxygen atoms in total. The van der Waals surface area contributed by atoms with Gasteiger partial charge in [0.25, 0.3) is 0 Å². The molecule has 15 heavy (non-hydrogen) atoms. The van der Waals surface area contributed by atoms with Crippen LogP contribution in [-0.4, -0.2) is 12.5 Å². The summed E-state index contributed by atoms with van der Waals surface area (Å²) in [5.74, 6) is -0.0666. The second-order valence-electron chi connectivity index (χ2n) is 4.05. The van der Waals surface area contributed by atoms with Gasteiger partial charge in [-0.25, -0.2) is 0 Å². The molecule has 0 spiro atoms. The first-order valence-electron chi connectivity index (χ1n) is 4.73. The Hall–Kier alpha value is -0.870. The van der Waals surface area contributed by atoms with Gasteiger partial charge in [-0.1, -0.05) is 22.0 Å². The van der Waals surface area contributed by atoms with E-state index in [1.807, 2.05) is 38.1 Å². The zero-order valence-electron chi connectivity index (χ0n) is 8.88. The number of nitrogens with two attached hydrogens (primary N) is 1. The standard InChI is InChI=1S/C11H15BrN2O/c1-11(2,7-13)10(15)14-9-5-3-4-8(12)6-9/h3-6H,7,13H2,1-2H3,(H,14,15). The van der Waals surface area contributed by atoms with Crippen molar-refractivity contribution in [1.82, 2.24) is 0 Å². The molecule has 3 N–H and O–H groups in total. The quantitative estimate of drug-likeness (QED) is 0.886. The van der Waals surface area contributed by atoms with Crippen molar-refractivity contribution in [3.63, 3.8) is 0 Å². The molecule has 0 atom stereocenters. The fraction of sp³-hybridized carbons (Fsp3) is 0.364. The summed E-state index contributed by atoms with van der Waals surface area (Å²) in [6, 6.07) is 7.47. The number of nitrogens with one attached hydrogen (secondary N) is 1. The SMILES string of the molecule is CC(C)(CN)C(=O)Nc1cccc(Br)c1. The first kappa shape index (κ1) is 12.2. The number of benzene rings is 1. The van der Waals surface area contributed by atoms with E-state index >= 15 is 0 Å². The Balaban J connectivity index is 2.75. The topological polar surface area (TPSA) is 55.1 Å². The maximum Gasteiger partial charge on any atom is 0.231 e. The van der Waals surface area contributed by atoms with Gasteiger partial charge < -0.3 is 11.1 Å². The average molecular weight is 271 g/mol. The van der Waals surface area contributed by atoms with E-state index in [2.05, 4.69) is 21.2 Å². The molecule has 0 aliphatic heterocycles. The van der Waals surface area contributed by atoms with Gasteiger partial charge in [0.1, 0.15) is 0 Å². The smallest absolute Gasteiger partial charge is 0.231 e. The highest BCUT2D eigenvalue weighted by molar-refractivity contribution is 9.10. The molecule has 0 fully saturated rings. The molecule has 0 unspecified atom stereocenters. The highest BCUT2D eigenvalue weighted by Crippen LogP contribution is 2.19. The maximum absolute atomic E-state index is 11.8. The second kappa shape index (κ2) is 4.77. The summed E-state index contributed by atoms with van der Waals surface area (Å²) in [4.78, 5) is 11.8. The molecule has 0 radical (unpaired) electrons. The number of hydrogen-bond donors (Lipinski definition) is 2. The summed E-state index contributed by atoms with van der Waals surface area (Å²) < 4.78 is 0.936. The molecule has 0 bridgehead atoms. The molecule has 0 aliphatic carbocycles. The molecule has 1 aromatic carbocycles. The minimum Gasteiger partial charge on any atom is -0.329 e. The van der Waals surface area contributed by atoms with Crippen molar-refractivity contribution in [3.8, 4) is 0 Å². The summed E-state index contributed by atoms with van der Waals surface area (Å²) in [5, 5.41) is 2.82. The first-order valence-corrected chi connectivity index (χ1v) is 5.52. The molecule has 0 aliphatic rings. The third-order valence-corrected chi connectivity index (χ3v) is 2.70. The number of hydrogen-bond acceptors (Lipinski definition) is 2. The number of anilines is 1. The highest BCUT2D eigenvalue weighted by atomic mass is 79.9. The summed E-state index contributed by atoms with van der Waals surface area (Å²) >= 11 is 3.34. The van der Waals surface area contributed by atoms with Crippen LogP contribution >= 0.6 is 15.9 Å². The molecule has 4 heteroatoms. The third-order valence-electron chi connectivity index (χ3n) is 2.21. The van der Waals surface area contributed by atoms with Crippen molar-refractivity contribution >= 4 is 27.5 Å². The van der Waals surface area contributed by atoms with Crippen LogP contribution in [0.3, 0.4) is 0 Å². The van der Waals surface area contributed by atoms with Gasteiger partial charge in [-0.2, -0.15) is 0 Å². The lowest BCUT2D eigenvalue weighted by atomic mass is 9.92. The minimum atomic E-state index is -0.539. The van der Waals surface area contributed by atoms with E-state index in [0.717, 1.165) is 10.2 Å². The van der Waals surface area contributed by atoms with E-state index in [-0.39, 0.29) is 5.91 Å². The van der Waals surface area contributed by atoms with Crippen LogP contribution < -0.4 is 11.1 Å². The van der Waals surface area contributed by atoms with Crippen molar-refractivity contribution in [1.29, 1.82) is 0 Å². The fourth-order valence-corrected chi connectivity index (χ4v) is 1.36. The Morgan fingerprint density at radius 2 is 2.20 bits per heavy atom. The van der Waals surface area contributed by atoms with Crippen LogP contribution in [0.2, 0.25) is 0 Å². The third kappa shape index (κ3) is 3.32. The number of amides is 1. The molecule has 0 saturated carbocycles. The second-order valence-corrected chi connectivity index (χ2v) is 4.97. The fourth-order valence-electron chi connectivity index (χ4n) is 0.959. The van der Waals surface area contributed by atoms with E-state index < -0.39 is 5.41 Å². The van der Waals surface area contributed by atoms with E-state index in [1.165, 1.54) is 0 Å². The van der Waals surface area contributed by atoms with Crippen molar-refractivity contribution < 1.29 is 4.79 Å². The Bertz CT molecular complexity index is 363. The van der Waals surface area contributed by atoms with Crippen molar-refractivity contribution in [2.24, 2.45) is 11.1 Å². The largest absolute Gasteiger partial charge is 0.329 e. The van der Waals surface area contributed by atoms with E-state index in [9.17, 15) is 4.79 Å². The molecule has 0 heterocycles. The van der Waals surface area contributed by atoms with Gasteiger partial charge in [0.2, 0.25) is 5.91 Å². The lowest BCUT2D eigenvalue weighted by Gasteiger charge is -2.21. The van der Waals surface area contributed by atoms with E-state index in [1.54, 1.807) is 0 Å². The minimum absolute atomic E-state index is 0.0666. The molecule has 1 aromatic rings. The van der Waals surface area contributed by atoms with E-state index in [4.69, 9.17) is 5.73 Å². The molecular weight excluding hydrogens is 256 g/mol. The Morgan fingerprint density at radius 3 is 2.73 bits per heavy atom. The number of rotatable bonds is 3. The number of carbonyl (C=O) groups excluding carboxylic acids is 1. The molecule has 1 amide bonds.